The molecule has 2 aromatic rings. The molecule has 2 aliphatic rings. The van der Waals surface area contributed by atoms with Gasteiger partial charge in [-0.2, -0.15) is 18.5 Å². The molecule has 0 bridgehead atoms. The first kappa shape index (κ1) is 24.2. The summed E-state index contributed by atoms with van der Waals surface area (Å²) >= 11 is 1.40. The second-order valence-electron chi connectivity index (χ2n) is 8.01. The van der Waals surface area contributed by atoms with Crippen molar-refractivity contribution in [1.82, 2.24) is 10.2 Å². The highest BCUT2D eigenvalue weighted by atomic mass is 32.2. The van der Waals surface area contributed by atoms with Gasteiger partial charge in [-0.1, -0.05) is 24.3 Å². The second kappa shape index (κ2) is 10.1. The SMILES string of the molecule is COc1cc(/C=C2/SC(=[N+]3CCN(C)CC3)NC2=O)ccc1OCc1ccccc1C(F)(F)F. The van der Waals surface area contributed by atoms with Crippen LogP contribution < -0.4 is 14.8 Å². The highest BCUT2D eigenvalue weighted by molar-refractivity contribution is 8.18. The molecule has 2 aromatic carbocycles. The van der Waals surface area contributed by atoms with Crippen molar-refractivity contribution in [2.24, 2.45) is 0 Å². The first-order valence-corrected chi connectivity index (χ1v) is 11.5. The highest BCUT2D eigenvalue weighted by Gasteiger charge is 2.34. The van der Waals surface area contributed by atoms with Crippen LogP contribution in [0.2, 0.25) is 0 Å². The number of nitrogens with zero attached hydrogens (tertiary/aromatic N) is 2. The predicted octanol–water partition coefficient (Wildman–Crippen LogP) is 3.81. The van der Waals surface area contributed by atoms with E-state index >= 15 is 0 Å². The molecule has 4 rings (SSSR count). The molecule has 180 valence electrons. The number of piperazine rings is 1. The summed E-state index contributed by atoms with van der Waals surface area (Å²) in [6.45, 7) is 3.32. The number of benzene rings is 2. The van der Waals surface area contributed by atoms with Gasteiger partial charge in [0.05, 0.1) is 25.8 Å². The van der Waals surface area contributed by atoms with Gasteiger partial charge in [0.25, 0.3) is 0 Å². The molecule has 2 fully saturated rings. The van der Waals surface area contributed by atoms with E-state index in [0.29, 0.717) is 16.4 Å². The summed E-state index contributed by atoms with van der Waals surface area (Å²) in [7, 11) is 3.53. The van der Waals surface area contributed by atoms with E-state index in [9.17, 15) is 18.0 Å². The smallest absolute Gasteiger partial charge is 0.416 e. The van der Waals surface area contributed by atoms with E-state index < -0.39 is 11.7 Å². The van der Waals surface area contributed by atoms with Crippen molar-refractivity contribution in [3.63, 3.8) is 0 Å². The van der Waals surface area contributed by atoms with Gasteiger partial charge in [0.1, 0.15) is 11.5 Å². The summed E-state index contributed by atoms with van der Waals surface area (Å²) in [5.74, 6) is 0.516. The molecule has 10 heteroatoms. The molecule has 0 radical (unpaired) electrons. The summed E-state index contributed by atoms with van der Waals surface area (Å²) in [5, 5.41) is 3.77. The van der Waals surface area contributed by atoms with Crippen LogP contribution in [0, 0.1) is 0 Å². The summed E-state index contributed by atoms with van der Waals surface area (Å²) in [5.41, 5.74) is 0.0263. The predicted molar refractivity (Wildman–Crippen MR) is 125 cm³/mol. The topological polar surface area (TPSA) is 53.8 Å². The number of alkyl halides is 3. The molecule has 1 N–H and O–H groups in total. The number of carbonyl (C=O) groups excluding carboxylic acids is 1. The van der Waals surface area contributed by atoms with E-state index in [1.165, 1.54) is 37.1 Å². The van der Waals surface area contributed by atoms with Crippen LogP contribution in [0.15, 0.2) is 47.4 Å². The zero-order valence-electron chi connectivity index (χ0n) is 18.8. The van der Waals surface area contributed by atoms with Crippen molar-refractivity contribution < 1.29 is 32.0 Å². The molecule has 0 spiro atoms. The van der Waals surface area contributed by atoms with Gasteiger partial charge in [0, 0.05) is 30.4 Å². The van der Waals surface area contributed by atoms with Gasteiger partial charge in [-0.3, -0.25) is 9.48 Å². The van der Waals surface area contributed by atoms with Crippen molar-refractivity contribution in [1.29, 1.82) is 0 Å². The molecule has 2 heterocycles. The van der Waals surface area contributed by atoms with E-state index in [-0.39, 0.29) is 18.1 Å². The van der Waals surface area contributed by atoms with Gasteiger partial charge in [-0.15, -0.1) is 0 Å². The standard InChI is InChI=1S/C24H24F3N3O3S/c1-29-9-11-30(12-10-29)23-28-22(31)21(34-23)14-16-7-8-19(20(13-16)32-2)33-15-17-5-3-4-6-18(17)24(25,26)27/h3-8,13-14H,9-12,15H2,1-2H3/p+1/b21-14+. The first-order valence-electron chi connectivity index (χ1n) is 10.7. The van der Waals surface area contributed by atoms with Gasteiger partial charge in [0.2, 0.25) is 0 Å². The molecular weight excluding hydrogens is 467 g/mol. The Morgan fingerprint density at radius 1 is 1.15 bits per heavy atom. The number of amidine groups is 1. The Kier molecular flexibility index (Phi) is 7.18. The third-order valence-electron chi connectivity index (χ3n) is 5.63. The van der Waals surface area contributed by atoms with Crippen LogP contribution in [0.25, 0.3) is 6.08 Å². The lowest BCUT2D eigenvalue weighted by Crippen LogP contribution is -2.43. The molecule has 0 atom stereocenters. The number of rotatable bonds is 5. The Labute approximate surface area is 200 Å². The van der Waals surface area contributed by atoms with Crippen LogP contribution in [-0.4, -0.2) is 60.9 Å². The fourth-order valence-corrected chi connectivity index (χ4v) is 4.71. The van der Waals surface area contributed by atoms with Crippen LogP contribution in [0.5, 0.6) is 11.5 Å². The number of carbonyl (C=O) groups is 1. The maximum Gasteiger partial charge on any atom is 0.416 e. The van der Waals surface area contributed by atoms with Gasteiger partial charge in [-0.05, 0) is 36.9 Å². The number of ether oxygens (including phenoxy) is 2. The van der Waals surface area contributed by atoms with Crippen molar-refractivity contribution in [3.05, 3.63) is 64.1 Å². The maximum absolute atomic E-state index is 13.2. The van der Waals surface area contributed by atoms with E-state index in [1.54, 1.807) is 24.3 Å². The number of nitrogens with one attached hydrogen (secondary N) is 1. The minimum atomic E-state index is -4.46. The third-order valence-corrected chi connectivity index (χ3v) is 6.71. The Morgan fingerprint density at radius 3 is 2.59 bits per heavy atom. The molecule has 34 heavy (non-hydrogen) atoms. The van der Waals surface area contributed by atoms with Crippen LogP contribution >= 0.6 is 11.8 Å². The number of likely N-dealkylation sites (N-methyl/N-ethyl adjacent to an activating group) is 1. The Morgan fingerprint density at radius 2 is 1.88 bits per heavy atom. The highest BCUT2D eigenvalue weighted by Crippen LogP contribution is 2.35. The number of methoxy groups -OCH3 is 1. The number of halogens is 3. The van der Waals surface area contributed by atoms with Gasteiger partial charge in [0.15, 0.2) is 11.5 Å². The molecule has 2 aliphatic heterocycles. The number of hydrogen-bond acceptors (Lipinski definition) is 5. The molecule has 0 aliphatic carbocycles. The van der Waals surface area contributed by atoms with Crippen LogP contribution in [0.4, 0.5) is 13.2 Å². The fourth-order valence-electron chi connectivity index (χ4n) is 3.71. The van der Waals surface area contributed by atoms with Crippen molar-refractivity contribution >= 4 is 28.9 Å². The average Bonchev–Trinajstić information content (AvgIpc) is 3.18. The maximum atomic E-state index is 13.2. The lowest BCUT2D eigenvalue weighted by atomic mass is 10.1. The molecule has 1 amide bonds. The van der Waals surface area contributed by atoms with E-state index in [2.05, 4.69) is 21.8 Å². The van der Waals surface area contributed by atoms with Crippen LogP contribution in [-0.2, 0) is 17.6 Å². The third kappa shape index (κ3) is 5.56. The zero-order chi connectivity index (χ0) is 24.3. The monoisotopic (exact) mass is 492 g/mol. The van der Waals surface area contributed by atoms with E-state index in [4.69, 9.17) is 9.47 Å². The first-order chi connectivity index (χ1) is 16.2. The van der Waals surface area contributed by atoms with Crippen LogP contribution in [0.3, 0.4) is 0 Å². The molecule has 6 nitrogen and oxygen atoms in total. The second-order valence-corrected chi connectivity index (χ2v) is 9.04. The Hall–Kier alpha value is -2.98. The zero-order valence-corrected chi connectivity index (χ0v) is 19.6. The average molecular weight is 493 g/mol. The minimum Gasteiger partial charge on any atom is -0.493 e. The molecule has 2 saturated heterocycles. The molecule has 0 unspecified atom stereocenters. The fraction of sp³-hybridized carbons (Fsp3) is 0.333. The van der Waals surface area contributed by atoms with Gasteiger partial charge < -0.3 is 9.47 Å². The minimum absolute atomic E-state index is 0.0363. The van der Waals surface area contributed by atoms with Gasteiger partial charge >= 0.3 is 17.3 Å². The Bertz CT molecular complexity index is 1140. The summed E-state index contributed by atoms with van der Waals surface area (Å²) in [6.07, 6.45) is -2.70. The van der Waals surface area contributed by atoms with E-state index in [0.717, 1.165) is 43.0 Å². The van der Waals surface area contributed by atoms with Crippen molar-refractivity contribution in [2.45, 2.75) is 12.8 Å². The lowest BCUT2D eigenvalue weighted by molar-refractivity contribution is -0.538. The summed E-state index contributed by atoms with van der Waals surface area (Å²) in [4.78, 5) is 15.3. The van der Waals surface area contributed by atoms with E-state index in [1.807, 2.05) is 0 Å². The van der Waals surface area contributed by atoms with Crippen LogP contribution in [0.1, 0.15) is 16.7 Å². The number of hydrogen-bond donors (Lipinski definition) is 1. The summed E-state index contributed by atoms with van der Waals surface area (Å²) in [6, 6.07) is 10.4. The quantitative estimate of drug-likeness (QED) is 0.508. The number of thioether (sulfide) groups is 1. The number of amides is 1. The molecule has 0 saturated carbocycles. The van der Waals surface area contributed by atoms with Crippen molar-refractivity contribution in [2.75, 3.05) is 40.3 Å². The van der Waals surface area contributed by atoms with Crippen molar-refractivity contribution in [3.8, 4) is 11.5 Å². The lowest BCUT2D eigenvalue weighted by Gasteiger charge is -2.23. The molecule has 0 aromatic heterocycles. The molecular formula is C24H25F3N3O3S+. The van der Waals surface area contributed by atoms with Gasteiger partial charge in [-0.25, -0.2) is 4.79 Å². The largest absolute Gasteiger partial charge is 0.493 e. The Balaban J connectivity index is 1.49. The summed E-state index contributed by atoms with van der Waals surface area (Å²) < 4.78 is 52.9. The normalized spacial score (nSPS) is 18.4.